The van der Waals surface area contributed by atoms with Gasteiger partial charge in [0.15, 0.2) is 0 Å². The molecule has 2 fully saturated rings. The fraction of sp³-hybridized carbons (Fsp3) is 0.522. The van der Waals surface area contributed by atoms with Crippen LogP contribution in [0.1, 0.15) is 72.9 Å². The van der Waals surface area contributed by atoms with E-state index < -0.39 is 0 Å². The molecule has 0 bridgehead atoms. The lowest BCUT2D eigenvalue weighted by Gasteiger charge is -2.39. The number of hydrogen-bond donors (Lipinski definition) is 1. The first kappa shape index (κ1) is 19.8. The van der Waals surface area contributed by atoms with Gasteiger partial charge in [-0.1, -0.05) is 31.4 Å². The Kier molecular flexibility index (Phi) is 6.09. The maximum absolute atomic E-state index is 12.8. The average molecular weight is 395 g/mol. The largest absolute Gasteiger partial charge is 0.495 e. The third kappa shape index (κ3) is 4.27. The first-order valence-electron chi connectivity index (χ1n) is 10.7. The van der Waals surface area contributed by atoms with Crippen LogP contribution < -0.4 is 10.1 Å². The van der Waals surface area contributed by atoms with Crippen LogP contribution in [0.4, 0.5) is 5.69 Å². The van der Waals surface area contributed by atoms with Crippen LogP contribution in [0, 0.1) is 6.92 Å². The van der Waals surface area contributed by atoms with Crippen LogP contribution in [0.2, 0.25) is 0 Å². The van der Waals surface area contributed by atoms with Gasteiger partial charge in [0, 0.05) is 12.2 Å². The smallest absolute Gasteiger partial charge is 0.259 e. The van der Waals surface area contributed by atoms with Gasteiger partial charge in [-0.15, -0.1) is 0 Å². The molecule has 0 radical (unpaired) electrons. The minimum absolute atomic E-state index is 0.213. The summed E-state index contributed by atoms with van der Waals surface area (Å²) >= 11 is 0. The molecule has 6 heteroatoms. The number of aryl methyl sites for hydroxylation is 1. The Labute approximate surface area is 172 Å². The van der Waals surface area contributed by atoms with E-state index in [0.29, 0.717) is 23.0 Å². The van der Waals surface area contributed by atoms with Crippen molar-refractivity contribution >= 4 is 11.6 Å². The van der Waals surface area contributed by atoms with E-state index in [1.54, 1.807) is 13.3 Å². The molecule has 6 nitrogen and oxygen atoms in total. The van der Waals surface area contributed by atoms with Crippen molar-refractivity contribution in [3.05, 3.63) is 47.5 Å². The van der Waals surface area contributed by atoms with Gasteiger partial charge in [0.1, 0.15) is 11.6 Å². The van der Waals surface area contributed by atoms with Crippen LogP contribution >= 0.6 is 0 Å². The van der Waals surface area contributed by atoms with E-state index in [1.807, 2.05) is 31.2 Å². The summed E-state index contributed by atoms with van der Waals surface area (Å²) in [5.74, 6) is 1.28. The second-order valence-electron chi connectivity index (χ2n) is 8.07. The molecule has 2 aliphatic rings. The van der Waals surface area contributed by atoms with Crippen molar-refractivity contribution in [2.75, 3.05) is 19.0 Å². The van der Waals surface area contributed by atoms with Gasteiger partial charge in [0.25, 0.3) is 5.91 Å². The minimum atomic E-state index is -0.213. The second kappa shape index (κ2) is 8.91. The molecule has 154 valence electrons. The number of ether oxygens (including phenoxy) is 1. The lowest BCUT2D eigenvalue weighted by Crippen LogP contribution is -2.41. The van der Waals surface area contributed by atoms with Gasteiger partial charge in [-0.05, 0) is 51.3 Å². The Bertz CT molecular complexity index is 864. The number of hydrogen-bond acceptors (Lipinski definition) is 5. The Morgan fingerprint density at radius 3 is 2.66 bits per heavy atom. The number of para-hydroxylation sites is 2. The molecule has 0 unspecified atom stereocenters. The molecular weight excluding hydrogens is 364 g/mol. The number of rotatable bonds is 5. The summed E-state index contributed by atoms with van der Waals surface area (Å²) in [6.07, 6.45) is 10.5. The monoisotopic (exact) mass is 394 g/mol. The summed E-state index contributed by atoms with van der Waals surface area (Å²) in [6, 6.07) is 8.32. The molecule has 1 saturated heterocycles. The van der Waals surface area contributed by atoms with Crippen molar-refractivity contribution in [1.82, 2.24) is 14.9 Å². The SMILES string of the molecule is COc1ccccc1NC(=O)c1cnc([C@@H]2CCCCN2C2CCCC2)nc1C. The first-order chi connectivity index (χ1) is 14.2. The Hall–Kier alpha value is -2.47. The number of carbonyl (C=O) groups excluding carboxylic acids is 1. The Morgan fingerprint density at radius 2 is 1.90 bits per heavy atom. The third-order valence-corrected chi connectivity index (χ3v) is 6.23. The highest BCUT2D eigenvalue weighted by Crippen LogP contribution is 2.36. The van der Waals surface area contributed by atoms with Crippen LogP contribution in [0.25, 0.3) is 0 Å². The molecule has 1 atom stereocenters. The van der Waals surface area contributed by atoms with Gasteiger partial charge < -0.3 is 10.1 Å². The van der Waals surface area contributed by atoms with Crippen molar-refractivity contribution in [2.45, 2.75) is 64.0 Å². The summed E-state index contributed by atoms with van der Waals surface area (Å²) in [5, 5.41) is 2.92. The summed E-state index contributed by atoms with van der Waals surface area (Å²) < 4.78 is 5.32. The van der Waals surface area contributed by atoms with E-state index in [9.17, 15) is 4.79 Å². The van der Waals surface area contributed by atoms with Crippen molar-refractivity contribution in [2.24, 2.45) is 0 Å². The molecule has 1 N–H and O–H groups in total. The number of nitrogens with one attached hydrogen (secondary N) is 1. The standard InChI is InChI=1S/C23H30N4O2/c1-16-18(23(28)26-19-11-5-6-13-21(19)29-2)15-24-22(25-16)20-12-7-8-14-27(20)17-9-3-4-10-17/h5-6,11,13,15,17,20H,3-4,7-10,12,14H2,1-2H3,(H,26,28)/t20-/m0/s1. The average Bonchev–Trinajstić information content (AvgIpc) is 3.29. The predicted molar refractivity (Wildman–Crippen MR) is 113 cm³/mol. The summed E-state index contributed by atoms with van der Waals surface area (Å²) in [6.45, 7) is 3.03. The number of amides is 1. The van der Waals surface area contributed by atoms with Crippen molar-refractivity contribution < 1.29 is 9.53 Å². The van der Waals surface area contributed by atoms with E-state index in [0.717, 1.165) is 24.5 Å². The highest BCUT2D eigenvalue weighted by molar-refractivity contribution is 6.05. The zero-order chi connectivity index (χ0) is 20.2. The summed E-state index contributed by atoms with van der Waals surface area (Å²) in [7, 11) is 1.59. The topological polar surface area (TPSA) is 67.3 Å². The number of anilines is 1. The number of likely N-dealkylation sites (tertiary alicyclic amines) is 1. The van der Waals surface area contributed by atoms with Crippen LogP contribution in [-0.2, 0) is 0 Å². The first-order valence-corrected chi connectivity index (χ1v) is 10.7. The maximum atomic E-state index is 12.8. The number of nitrogens with zero attached hydrogens (tertiary/aromatic N) is 3. The van der Waals surface area contributed by atoms with Gasteiger partial charge in [0.2, 0.25) is 0 Å². The number of benzene rings is 1. The van der Waals surface area contributed by atoms with Crippen molar-refractivity contribution in [1.29, 1.82) is 0 Å². The van der Waals surface area contributed by atoms with E-state index in [-0.39, 0.29) is 11.9 Å². The van der Waals surface area contributed by atoms with Crippen LogP contribution in [0.3, 0.4) is 0 Å². The van der Waals surface area contributed by atoms with Crippen molar-refractivity contribution in [3.8, 4) is 5.75 Å². The Morgan fingerprint density at radius 1 is 1.14 bits per heavy atom. The highest BCUT2D eigenvalue weighted by Gasteiger charge is 2.33. The molecule has 1 aliphatic heterocycles. The number of carbonyl (C=O) groups is 1. The van der Waals surface area contributed by atoms with Gasteiger partial charge in [-0.3, -0.25) is 9.69 Å². The highest BCUT2D eigenvalue weighted by atomic mass is 16.5. The lowest BCUT2D eigenvalue weighted by atomic mass is 9.98. The molecule has 2 heterocycles. The maximum Gasteiger partial charge on any atom is 0.259 e. The van der Waals surface area contributed by atoms with Crippen LogP contribution in [0.5, 0.6) is 5.75 Å². The molecule has 0 spiro atoms. The zero-order valence-electron chi connectivity index (χ0n) is 17.4. The van der Waals surface area contributed by atoms with Gasteiger partial charge in [-0.2, -0.15) is 0 Å². The van der Waals surface area contributed by atoms with E-state index in [1.165, 1.54) is 38.5 Å². The minimum Gasteiger partial charge on any atom is -0.495 e. The number of piperidine rings is 1. The molecule has 1 aliphatic carbocycles. The van der Waals surface area contributed by atoms with E-state index in [2.05, 4.69) is 15.2 Å². The Balaban J connectivity index is 1.53. The quantitative estimate of drug-likeness (QED) is 0.808. The third-order valence-electron chi connectivity index (χ3n) is 6.23. The summed E-state index contributed by atoms with van der Waals surface area (Å²) in [5.41, 5.74) is 1.87. The molecule has 1 aromatic carbocycles. The summed E-state index contributed by atoms with van der Waals surface area (Å²) in [4.78, 5) is 24.9. The van der Waals surface area contributed by atoms with Crippen LogP contribution in [0.15, 0.2) is 30.5 Å². The normalized spacial score (nSPS) is 20.6. The van der Waals surface area contributed by atoms with Gasteiger partial charge in [-0.25, -0.2) is 9.97 Å². The van der Waals surface area contributed by atoms with E-state index >= 15 is 0 Å². The van der Waals surface area contributed by atoms with Gasteiger partial charge >= 0.3 is 0 Å². The molecule has 29 heavy (non-hydrogen) atoms. The van der Waals surface area contributed by atoms with E-state index in [4.69, 9.17) is 9.72 Å². The van der Waals surface area contributed by atoms with Crippen LogP contribution in [-0.4, -0.2) is 40.5 Å². The second-order valence-corrected chi connectivity index (χ2v) is 8.07. The number of methoxy groups -OCH3 is 1. The zero-order valence-corrected chi connectivity index (χ0v) is 17.4. The lowest BCUT2D eigenvalue weighted by molar-refractivity contribution is 0.0911. The fourth-order valence-corrected chi connectivity index (χ4v) is 4.71. The number of aromatic nitrogens is 2. The molecule has 1 amide bonds. The molecular formula is C23H30N4O2. The van der Waals surface area contributed by atoms with Crippen molar-refractivity contribution in [3.63, 3.8) is 0 Å². The molecule has 4 rings (SSSR count). The van der Waals surface area contributed by atoms with Gasteiger partial charge in [0.05, 0.1) is 30.1 Å². The fourth-order valence-electron chi connectivity index (χ4n) is 4.71. The molecule has 1 aromatic heterocycles. The molecule has 1 saturated carbocycles. The predicted octanol–water partition coefficient (Wildman–Crippen LogP) is 4.52. The molecule has 2 aromatic rings.